The molecule has 152 valence electrons. The van der Waals surface area contributed by atoms with E-state index in [1.807, 2.05) is 30.5 Å². The van der Waals surface area contributed by atoms with Crippen LogP contribution in [-0.4, -0.2) is 55.2 Å². The zero-order chi connectivity index (χ0) is 20.4. The van der Waals surface area contributed by atoms with E-state index in [9.17, 15) is 4.79 Å². The van der Waals surface area contributed by atoms with E-state index in [4.69, 9.17) is 18.9 Å². The van der Waals surface area contributed by atoms with Gasteiger partial charge in [-0.3, -0.25) is 9.20 Å². The predicted octanol–water partition coefficient (Wildman–Crippen LogP) is 2.70. The minimum atomic E-state index is -1.05. The fraction of sp³-hybridized carbons (Fsp3) is 0.300. The number of imidazole rings is 1. The smallest absolute Gasteiger partial charge is 0.269 e. The molecule has 0 saturated heterocycles. The number of aromatic nitrogens is 2. The van der Waals surface area contributed by atoms with Crippen molar-refractivity contribution in [3.63, 3.8) is 0 Å². The van der Waals surface area contributed by atoms with Crippen LogP contribution in [0.4, 0.5) is 0 Å². The van der Waals surface area contributed by atoms with E-state index < -0.39 is 12.1 Å². The van der Waals surface area contributed by atoms with Crippen molar-refractivity contribution in [2.45, 2.75) is 12.1 Å². The number of amides is 1. The van der Waals surface area contributed by atoms with Crippen molar-refractivity contribution in [3.8, 4) is 17.0 Å². The monoisotopic (exact) mass is 415 g/mol. The largest absolute Gasteiger partial charge is 0.497 e. The summed E-state index contributed by atoms with van der Waals surface area (Å²) in [6.45, 7) is 0.146. The Morgan fingerprint density at radius 2 is 2.24 bits per heavy atom. The maximum atomic E-state index is 12.8. The third-order valence-electron chi connectivity index (χ3n) is 4.70. The first-order valence-electron chi connectivity index (χ1n) is 8.92. The molecule has 0 aliphatic carbocycles. The average Bonchev–Trinajstić information content (AvgIpc) is 3.46. The van der Waals surface area contributed by atoms with Crippen LogP contribution in [-0.2, 0) is 14.2 Å². The Bertz CT molecular complexity index is 1060. The summed E-state index contributed by atoms with van der Waals surface area (Å²) in [5.41, 5.74) is 2.17. The zero-order valence-corrected chi connectivity index (χ0v) is 17.1. The molecule has 3 aromatic rings. The van der Waals surface area contributed by atoms with Crippen LogP contribution >= 0.6 is 11.3 Å². The molecule has 0 spiro atoms. The molecule has 4 rings (SSSR count). The average molecular weight is 415 g/mol. The molecule has 1 N–H and O–H groups in total. The second-order valence-corrected chi connectivity index (χ2v) is 7.25. The zero-order valence-electron chi connectivity index (χ0n) is 16.2. The quantitative estimate of drug-likeness (QED) is 0.598. The van der Waals surface area contributed by atoms with Crippen LogP contribution < -0.4 is 10.1 Å². The van der Waals surface area contributed by atoms with Gasteiger partial charge in [-0.25, -0.2) is 4.98 Å². The molecular weight excluding hydrogens is 394 g/mol. The highest BCUT2D eigenvalue weighted by molar-refractivity contribution is 7.15. The van der Waals surface area contributed by atoms with Crippen LogP contribution in [0, 0.1) is 0 Å². The lowest BCUT2D eigenvalue weighted by atomic mass is 10.1. The van der Waals surface area contributed by atoms with Gasteiger partial charge in [-0.05, 0) is 24.3 Å². The summed E-state index contributed by atoms with van der Waals surface area (Å²) in [4.78, 5) is 18.1. The summed E-state index contributed by atoms with van der Waals surface area (Å²) in [6.07, 6.45) is 4.82. The number of hydrogen-bond donors (Lipinski definition) is 1. The Morgan fingerprint density at radius 1 is 1.38 bits per heavy atom. The summed E-state index contributed by atoms with van der Waals surface area (Å²) >= 11 is 1.40. The van der Waals surface area contributed by atoms with Crippen LogP contribution in [0.1, 0.15) is 10.5 Å². The van der Waals surface area contributed by atoms with Gasteiger partial charge in [-0.2, -0.15) is 0 Å². The molecule has 2 unspecified atom stereocenters. The van der Waals surface area contributed by atoms with E-state index in [0.29, 0.717) is 5.69 Å². The maximum absolute atomic E-state index is 12.8. The van der Waals surface area contributed by atoms with Crippen LogP contribution in [0.2, 0.25) is 0 Å². The number of methoxy groups -OCH3 is 3. The Balaban J connectivity index is 1.53. The van der Waals surface area contributed by atoms with Gasteiger partial charge in [-0.15, -0.1) is 11.3 Å². The number of benzene rings is 1. The van der Waals surface area contributed by atoms with Gasteiger partial charge in [0.1, 0.15) is 11.4 Å². The van der Waals surface area contributed by atoms with Crippen molar-refractivity contribution in [1.82, 2.24) is 14.7 Å². The molecule has 0 radical (unpaired) electrons. The highest BCUT2D eigenvalue weighted by Crippen LogP contribution is 2.27. The van der Waals surface area contributed by atoms with E-state index in [1.54, 1.807) is 36.2 Å². The van der Waals surface area contributed by atoms with Crippen LogP contribution in [0.15, 0.2) is 48.0 Å². The van der Waals surface area contributed by atoms with E-state index >= 15 is 0 Å². The van der Waals surface area contributed by atoms with Gasteiger partial charge in [-0.1, -0.05) is 12.1 Å². The number of ether oxygens (including phenoxy) is 4. The first kappa shape index (κ1) is 19.6. The van der Waals surface area contributed by atoms with Crippen molar-refractivity contribution in [1.29, 1.82) is 0 Å². The van der Waals surface area contributed by atoms with Crippen LogP contribution in [0.3, 0.4) is 0 Å². The van der Waals surface area contributed by atoms with Gasteiger partial charge in [0.2, 0.25) is 5.79 Å². The molecule has 2 atom stereocenters. The minimum absolute atomic E-state index is 0.146. The molecule has 1 amide bonds. The fourth-order valence-electron chi connectivity index (χ4n) is 3.08. The lowest BCUT2D eigenvalue weighted by molar-refractivity contribution is -0.238. The number of thiazole rings is 1. The van der Waals surface area contributed by atoms with E-state index in [0.717, 1.165) is 22.0 Å². The maximum Gasteiger partial charge on any atom is 0.269 e. The van der Waals surface area contributed by atoms with Gasteiger partial charge >= 0.3 is 0 Å². The molecule has 9 heteroatoms. The van der Waals surface area contributed by atoms with E-state index in [1.165, 1.54) is 18.4 Å². The lowest BCUT2D eigenvalue weighted by Gasteiger charge is -2.27. The predicted molar refractivity (Wildman–Crippen MR) is 108 cm³/mol. The van der Waals surface area contributed by atoms with Gasteiger partial charge < -0.3 is 24.3 Å². The number of fused-ring (bicyclic) bond motifs is 1. The topological polar surface area (TPSA) is 83.3 Å². The van der Waals surface area contributed by atoms with Crippen molar-refractivity contribution >= 4 is 22.2 Å². The summed E-state index contributed by atoms with van der Waals surface area (Å²) in [5, 5.41) is 4.64. The standard InChI is InChI=1S/C20H21N3O5S/c1-25-14-6-4-5-13(9-14)15-10-23-16(11-29-19(23)22-15)18(24)21-12-20(27-3)8-7-17(26-2)28-20/h4-11,17H,12H2,1-3H3,(H,21,24). The van der Waals surface area contributed by atoms with Gasteiger partial charge in [0, 0.05) is 31.4 Å². The van der Waals surface area contributed by atoms with E-state index in [2.05, 4.69) is 10.3 Å². The van der Waals surface area contributed by atoms with Crippen molar-refractivity contribution in [3.05, 3.63) is 53.7 Å². The molecule has 3 heterocycles. The Hall–Kier alpha value is -2.72. The highest BCUT2D eigenvalue weighted by Gasteiger charge is 2.36. The molecule has 2 aromatic heterocycles. The van der Waals surface area contributed by atoms with Crippen molar-refractivity contribution in [2.75, 3.05) is 27.9 Å². The molecule has 1 aromatic carbocycles. The van der Waals surface area contributed by atoms with Gasteiger partial charge in [0.25, 0.3) is 5.91 Å². The summed E-state index contributed by atoms with van der Waals surface area (Å²) in [5.74, 6) is -0.549. The third kappa shape index (κ3) is 3.77. The molecule has 8 nitrogen and oxygen atoms in total. The minimum Gasteiger partial charge on any atom is -0.497 e. The molecule has 1 aliphatic heterocycles. The number of carbonyl (C=O) groups is 1. The normalized spacial score (nSPS) is 21.0. The Morgan fingerprint density at radius 3 is 2.97 bits per heavy atom. The molecular formula is C20H21N3O5S. The molecule has 1 aliphatic rings. The summed E-state index contributed by atoms with van der Waals surface area (Å²) < 4.78 is 23.3. The summed E-state index contributed by atoms with van der Waals surface area (Å²) in [7, 11) is 4.69. The first-order chi connectivity index (χ1) is 14.1. The molecule has 29 heavy (non-hydrogen) atoms. The SMILES string of the molecule is COc1cccc(-c2cn3c(C(=O)NCC4(OC)C=CC(OC)O4)csc3n2)c1. The van der Waals surface area contributed by atoms with Crippen LogP contribution in [0.25, 0.3) is 16.2 Å². The number of nitrogens with one attached hydrogen (secondary N) is 1. The number of rotatable bonds is 7. The second kappa shape index (κ2) is 7.96. The molecule has 0 bridgehead atoms. The molecule has 0 fully saturated rings. The summed E-state index contributed by atoms with van der Waals surface area (Å²) in [6, 6.07) is 7.64. The first-order valence-corrected chi connectivity index (χ1v) is 9.80. The van der Waals surface area contributed by atoms with Gasteiger partial charge in [0.05, 0.1) is 19.3 Å². The molecule has 0 saturated carbocycles. The Labute approximate surface area is 171 Å². The highest BCUT2D eigenvalue weighted by atomic mass is 32.1. The Kier molecular flexibility index (Phi) is 5.37. The lowest BCUT2D eigenvalue weighted by Crippen LogP contribution is -2.44. The fourth-order valence-corrected chi connectivity index (χ4v) is 3.93. The number of hydrogen-bond acceptors (Lipinski definition) is 7. The van der Waals surface area contributed by atoms with Crippen molar-refractivity contribution < 1.29 is 23.7 Å². The van der Waals surface area contributed by atoms with Gasteiger partial charge in [0.15, 0.2) is 11.3 Å². The second-order valence-electron chi connectivity index (χ2n) is 6.41. The number of nitrogens with zero attached hydrogens (tertiary/aromatic N) is 2. The van der Waals surface area contributed by atoms with Crippen molar-refractivity contribution in [2.24, 2.45) is 0 Å². The third-order valence-corrected chi connectivity index (χ3v) is 5.54. The van der Waals surface area contributed by atoms with Crippen LogP contribution in [0.5, 0.6) is 5.75 Å². The number of carbonyl (C=O) groups excluding carboxylic acids is 1. The van der Waals surface area contributed by atoms with E-state index in [-0.39, 0.29) is 12.5 Å².